The SMILES string of the molecule is CCOC(=O)CC(O)CNCCC1CCCCO1. The lowest BCUT2D eigenvalue weighted by Crippen LogP contribution is -2.32. The Morgan fingerprint density at radius 2 is 2.39 bits per heavy atom. The van der Waals surface area contributed by atoms with E-state index in [-0.39, 0.29) is 12.4 Å². The Kier molecular flexibility index (Phi) is 7.96. The molecular weight excluding hydrogens is 234 g/mol. The maximum atomic E-state index is 11.1. The van der Waals surface area contributed by atoms with E-state index < -0.39 is 6.10 Å². The van der Waals surface area contributed by atoms with Crippen LogP contribution in [0.3, 0.4) is 0 Å². The summed E-state index contributed by atoms with van der Waals surface area (Å²) in [6.45, 7) is 4.22. The van der Waals surface area contributed by atoms with E-state index in [0.29, 0.717) is 19.3 Å². The molecule has 0 bridgehead atoms. The number of carbonyl (C=O) groups is 1. The van der Waals surface area contributed by atoms with Crippen molar-refractivity contribution in [2.24, 2.45) is 0 Å². The highest BCUT2D eigenvalue weighted by molar-refractivity contribution is 5.69. The van der Waals surface area contributed by atoms with Crippen molar-refractivity contribution in [3.05, 3.63) is 0 Å². The maximum absolute atomic E-state index is 11.1. The molecule has 18 heavy (non-hydrogen) atoms. The molecule has 2 atom stereocenters. The first-order valence-electron chi connectivity index (χ1n) is 6.88. The van der Waals surface area contributed by atoms with Gasteiger partial charge < -0.3 is 19.9 Å². The Morgan fingerprint density at radius 3 is 3.06 bits per heavy atom. The summed E-state index contributed by atoms with van der Waals surface area (Å²) in [6.07, 6.45) is 4.25. The first-order chi connectivity index (χ1) is 8.72. The number of ether oxygens (including phenoxy) is 2. The molecule has 1 heterocycles. The van der Waals surface area contributed by atoms with Gasteiger partial charge in [-0.05, 0) is 39.2 Å². The fourth-order valence-electron chi connectivity index (χ4n) is 2.05. The molecule has 1 fully saturated rings. The smallest absolute Gasteiger partial charge is 0.308 e. The molecule has 0 saturated carbocycles. The fourth-order valence-corrected chi connectivity index (χ4v) is 2.05. The Labute approximate surface area is 109 Å². The van der Waals surface area contributed by atoms with Crippen LogP contribution in [0, 0.1) is 0 Å². The minimum absolute atomic E-state index is 0.0563. The van der Waals surface area contributed by atoms with Gasteiger partial charge in [-0.1, -0.05) is 0 Å². The largest absolute Gasteiger partial charge is 0.466 e. The van der Waals surface area contributed by atoms with Crippen molar-refractivity contribution < 1.29 is 19.4 Å². The Hall–Kier alpha value is -0.650. The van der Waals surface area contributed by atoms with Crippen LogP contribution in [0.4, 0.5) is 0 Å². The third kappa shape index (κ3) is 6.93. The normalized spacial score (nSPS) is 21.6. The molecule has 1 aliphatic heterocycles. The van der Waals surface area contributed by atoms with Gasteiger partial charge in [-0.3, -0.25) is 4.79 Å². The monoisotopic (exact) mass is 259 g/mol. The lowest BCUT2D eigenvalue weighted by molar-refractivity contribution is -0.145. The lowest BCUT2D eigenvalue weighted by Gasteiger charge is -2.22. The van der Waals surface area contributed by atoms with E-state index in [1.165, 1.54) is 12.8 Å². The number of esters is 1. The van der Waals surface area contributed by atoms with E-state index in [1.807, 2.05) is 0 Å². The second kappa shape index (κ2) is 9.30. The predicted molar refractivity (Wildman–Crippen MR) is 68.3 cm³/mol. The summed E-state index contributed by atoms with van der Waals surface area (Å²) < 4.78 is 10.4. The number of hydrogen-bond donors (Lipinski definition) is 2. The molecule has 1 saturated heterocycles. The average Bonchev–Trinajstić information content (AvgIpc) is 2.36. The van der Waals surface area contributed by atoms with E-state index in [0.717, 1.165) is 26.0 Å². The Bertz CT molecular complexity index is 229. The Morgan fingerprint density at radius 1 is 1.56 bits per heavy atom. The number of aliphatic hydroxyl groups excluding tert-OH is 1. The number of carbonyl (C=O) groups excluding carboxylic acids is 1. The molecule has 5 nitrogen and oxygen atoms in total. The van der Waals surface area contributed by atoms with Crippen molar-refractivity contribution in [2.45, 2.75) is 51.2 Å². The van der Waals surface area contributed by atoms with Gasteiger partial charge in [-0.15, -0.1) is 0 Å². The first kappa shape index (κ1) is 15.4. The highest BCUT2D eigenvalue weighted by Crippen LogP contribution is 2.14. The van der Waals surface area contributed by atoms with Gasteiger partial charge in [0.05, 0.1) is 25.2 Å². The third-order valence-electron chi connectivity index (χ3n) is 3.00. The second-order valence-corrected chi connectivity index (χ2v) is 4.64. The van der Waals surface area contributed by atoms with E-state index in [9.17, 15) is 9.90 Å². The van der Waals surface area contributed by atoms with Crippen LogP contribution in [0.5, 0.6) is 0 Å². The zero-order valence-corrected chi connectivity index (χ0v) is 11.2. The molecule has 0 aromatic rings. The molecule has 0 spiro atoms. The van der Waals surface area contributed by atoms with Crippen LogP contribution in [0.1, 0.15) is 39.0 Å². The minimum atomic E-state index is -0.670. The highest BCUT2D eigenvalue weighted by Gasteiger charge is 2.14. The molecule has 2 unspecified atom stereocenters. The topological polar surface area (TPSA) is 67.8 Å². The van der Waals surface area contributed by atoms with Gasteiger partial charge in [0.25, 0.3) is 0 Å². The zero-order chi connectivity index (χ0) is 13.2. The molecule has 5 heteroatoms. The molecule has 0 radical (unpaired) electrons. The van der Waals surface area contributed by atoms with Crippen molar-refractivity contribution in [1.29, 1.82) is 0 Å². The van der Waals surface area contributed by atoms with Gasteiger partial charge >= 0.3 is 5.97 Å². The van der Waals surface area contributed by atoms with Crippen LogP contribution in [0.2, 0.25) is 0 Å². The average molecular weight is 259 g/mol. The number of rotatable bonds is 8. The standard InChI is InChI=1S/C13H25NO4/c1-2-17-13(16)9-11(15)10-14-7-6-12-5-3-4-8-18-12/h11-12,14-15H,2-10H2,1H3. The van der Waals surface area contributed by atoms with Gasteiger partial charge in [-0.2, -0.15) is 0 Å². The lowest BCUT2D eigenvalue weighted by atomic mass is 10.1. The summed E-state index contributed by atoms with van der Waals surface area (Å²) in [4.78, 5) is 11.1. The predicted octanol–water partition coefficient (Wildman–Crippen LogP) is 0.849. The van der Waals surface area contributed by atoms with E-state index in [4.69, 9.17) is 9.47 Å². The summed E-state index contributed by atoms with van der Waals surface area (Å²) in [6, 6.07) is 0. The molecule has 2 N–H and O–H groups in total. The summed E-state index contributed by atoms with van der Waals surface area (Å²) >= 11 is 0. The summed E-state index contributed by atoms with van der Waals surface area (Å²) in [5, 5.41) is 12.7. The molecule has 0 amide bonds. The summed E-state index contributed by atoms with van der Waals surface area (Å²) in [7, 11) is 0. The summed E-state index contributed by atoms with van der Waals surface area (Å²) in [5.74, 6) is -0.345. The number of aliphatic hydroxyl groups is 1. The van der Waals surface area contributed by atoms with Crippen molar-refractivity contribution in [2.75, 3.05) is 26.3 Å². The van der Waals surface area contributed by atoms with Gasteiger partial charge in [0, 0.05) is 13.2 Å². The molecule has 1 aliphatic rings. The van der Waals surface area contributed by atoms with Crippen molar-refractivity contribution >= 4 is 5.97 Å². The number of hydrogen-bond acceptors (Lipinski definition) is 5. The quantitative estimate of drug-likeness (QED) is 0.499. The van der Waals surface area contributed by atoms with E-state index in [2.05, 4.69) is 5.32 Å². The van der Waals surface area contributed by atoms with Crippen LogP contribution in [-0.2, 0) is 14.3 Å². The summed E-state index contributed by atoms with van der Waals surface area (Å²) in [5.41, 5.74) is 0. The molecule has 0 aromatic carbocycles. The second-order valence-electron chi connectivity index (χ2n) is 4.64. The zero-order valence-electron chi connectivity index (χ0n) is 11.2. The van der Waals surface area contributed by atoms with E-state index in [1.54, 1.807) is 6.92 Å². The van der Waals surface area contributed by atoms with Crippen molar-refractivity contribution in [3.8, 4) is 0 Å². The van der Waals surface area contributed by atoms with Gasteiger partial charge in [0.2, 0.25) is 0 Å². The number of nitrogens with one attached hydrogen (secondary N) is 1. The van der Waals surface area contributed by atoms with Crippen molar-refractivity contribution in [3.63, 3.8) is 0 Å². The minimum Gasteiger partial charge on any atom is -0.466 e. The Balaban J connectivity index is 1.97. The van der Waals surface area contributed by atoms with Gasteiger partial charge in [-0.25, -0.2) is 0 Å². The van der Waals surface area contributed by atoms with Crippen LogP contribution >= 0.6 is 0 Å². The maximum Gasteiger partial charge on any atom is 0.308 e. The van der Waals surface area contributed by atoms with Crippen molar-refractivity contribution in [1.82, 2.24) is 5.32 Å². The third-order valence-corrected chi connectivity index (χ3v) is 3.00. The van der Waals surface area contributed by atoms with Crippen LogP contribution in [0.25, 0.3) is 0 Å². The molecule has 0 aliphatic carbocycles. The van der Waals surface area contributed by atoms with Gasteiger partial charge in [0.1, 0.15) is 0 Å². The fraction of sp³-hybridized carbons (Fsp3) is 0.923. The molecule has 106 valence electrons. The highest BCUT2D eigenvalue weighted by atomic mass is 16.5. The molecule has 1 rings (SSSR count). The molecule has 0 aromatic heterocycles. The van der Waals surface area contributed by atoms with Crippen LogP contribution in [-0.4, -0.2) is 49.6 Å². The molecular formula is C13H25NO4. The van der Waals surface area contributed by atoms with Gasteiger partial charge in [0.15, 0.2) is 0 Å². The first-order valence-corrected chi connectivity index (χ1v) is 6.88. The van der Waals surface area contributed by atoms with E-state index >= 15 is 0 Å². The van der Waals surface area contributed by atoms with Crippen LogP contribution in [0.15, 0.2) is 0 Å². The van der Waals surface area contributed by atoms with Crippen LogP contribution < -0.4 is 5.32 Å².